The third-order valence-corrected chi connectivity index (χ3v) is 7.17. The summed E-state index contributed by atoms with van der Waals surface area (Å²) >= 11 is 0. The molecule has 1 fully saturated rings. The fourth-order valence-corrected chi connectivity index (χ4v) is 4.54. The van der Waals surface area contributed by atoms with E-state index in [0.717, 1.165) is 6.26 Å². The molecule has 0 unspecified atom stereocenters. The van der Waals surface area contributed by atoms with Gasteiger partial charge >= 0.3 is 11.6 Å². The van der Waals surface area contributed by atoms with Crippen molar-refractivity contribution in [3.63, 3.8) is 0 Å². The van der Waals surface area contributed by atoms with Gasteiger partial charge in [-0.05, 0) is 37.5 Å². The van der Waals surface area contributed by atoms with Gasteiger partial charge < -0.3 is 14.3 Å². The monoisotopic (exact) mass is 529 g/mol. The fraction of sp³-hybridized carbons (Fsp3) is 0.435. The number of aromatic nitrogens is 4. The third-order valence-electron chi connectivity index (χ3n) is 6.04. The fourth-order valence-electron chi connectivity index (χ4n) is 3.91. The van der Waals surface area contributed by atoms with Crippen LogP contribution >= 0.6 is 0 Å². The highest BCUT2D eigenvalue weighted by molar-refractivity contribution is 7.90. The van der Waals surface area contributed by atoms with Crippen molar-refractivity contribution in [2.45, 2.75) is 50.3 Å². The molecule has 4 rings (SSSR count). The lowest BCUT2D eigenvalue weighted by atomic mass is 9.96. The summed E-state index contributed by atoms with van der Waals surface area (Å²) in [5.41, 5.74) is 0.591. The molecule has 13 nitrogen and oxygen atoms in total. The van der Waals surface area contributed by atoms with Gasteiger partial charge in [-0.15, -0.1) is 0 Å². The number of piperidine rings is 1. The second kappa shape index (κ2) is 10.6. The molecule has 0 aliphatic carbocycles. The van der Waals surface area contributed by atoms with Crippen molar-refractivity contribution in [3.05, 3.63) is 58.0 Å². The van der Waals surface area contributed by atoms with E-state index in [-0.39, 0.29) is 34.1 Å². The van der Waals surface area contributed by atoms with E-state index in [2.05, 4.69) is 25.3 Å². The number of benzene rings is 1. The molecule has 1 aliphatic rings. The van der Waals surface area contributed by atoms with Crippen molar-refractivity contribution in [3.8, 4) is 5.88 Å². The van der Waals surface area contributed by atoms with Gasteiger partial charge in [-0.25, -0.2) is 13.4 Å². The molecule has 1 aliphatic heterocycles. The number of oxime groups is 1. The van der Waals surface area contributed by atoms with Gasteiger partial charge in [-0.3, -0.25) is 10.1 Å². The van der Waals surface area contributed by atoms with Gasteiger partial charge in [0.1, 0.15) is 6.33 Å². The summed E-state index contributed by atoms with van der Waals surface area (Å²) in [7, 11) is -3.33. The van der Waals surface area contributed by atoms with Gasteiger partial charge in [0, 0.05) is 31.2 Å². The van der Waals surface area contributed by atoms with Crippen molar-refractivity contribution in [2.75, 3.05) is 24.2 Å². The van der Waals surface area contributed by atoms with Gasteiger partial charge in [0.25, 0.3) is 0 Å². The van der Waals surface area contributed by atoms with E-state index in [0.29, 0.717) is 48.9 Å². The van der Waals surface area contributed by atoms with Gasteiger partial charge in [0.15, 0.2) is 15.7 Å². The first-order valence-corrected chi connectivity index (χ1v) is 13.5. The maximum absolute atomic E-state index is 12.0. The number of sulfone groups is 1. The Labute approximate surface area is 213 Å². The van der Waals surface area contributed by atoms with E-state index in [4.69, 9.17) is 9.36 Å². The molecule has 196 valence electrons. The highest BCUT2D eigenvalue weighted by atomic mass is 32.2. The summed E-state index contributed by atoms with van der Waals surface area (Å²) in [5.74, 6) is 1.33. The molecule has 0 bridgehead atoms. The standard InChI is InChI=1S/C23H27N7O6S/c1-14(2)20-26-22(35-28-20)17-9-11-29(12-10-17)21-19(30(31)32)23(25-13-24-21)36-27-15(3)16-5-7-18(8-6-16)37(4,33)34/h5-8,13-14,17H,9-12H2,1-4H3/b27-15-. The molecule has 37 heavy (non-hydrogen) atoms. The van der Waals surface area contributed by atoms with Crippen molar-refractivity contribution < 1.29 is 22.7 Å². The summed E-state index contributed by atoms with van der Waals surface area (Å²) in [4.78, 5) is 31.3. The molecule has 0 atom stereocenters. The van der Waals surface area contributed by atoms with E-state index < -0.39 is 14.8 Å². The first-order chi connectivity index (χ1) is 17.5. The van der Waals surface area contributed by atoms with Crippen molar-refractivity contribution in [2.24, 2.45) is 5.16 Å². The number of hydrogen-bond acceptors (Lipinski definition) is 12. The van der Waals surface area contributed by atoms with E-state index >= 15 is 0 Å². The Kier molecular flexibility index (Phi) is 7.47. The van der Waals surface area contributed by atoms with Gasteiger partial charge in [-0.2, -0.15) is 9.97 Å². The largest absolute Gasteiger partial charge is 0.375 e. The Morgan fingerprint density at radius 1 is 1.22 bits per heavy atom. The van der Waals surface area contributed by atoms with Gasteiger partial charge in [-0.1, -0.05) is 36.3 Å². The second-order valence-electron chi connectivity index (χ2n) is 9.08. The molecule has 2 aromatic heterocycles. The first kappa shape index (κ1) is 26.1. The molecule has 0 spiro atoms. The van der Waals surface area contributed by atoms with Crippen LogP contribution in [0.1, 0.15) is 62.7 Å². The molecule has 14 heteroatoms. The van der Waals surface area contributed by atoms with Crippen LogP contribution in [0.3, 0.4) is 0 Å². The molecular formula is C23H27N7O6S. The predicted molar refractivity (Wildman–Crippen MR) is 134 cm³/mol. The Morgan fingerprint density at radius 2 is 1.89 bits per heavy atom. The molecule has 0 amide bonds. The molecule has 1 aromatic carbocycles. The second-order valence-corrected chi connectivity index (χ2v) is 11.1. The Balaban J connectivity index is 1.50. The Bertz CT molecular complexity index is 1410. The number of anilines is 1. The zero-order valence-corrected chi connectivity index (χ0v) is 21.7. The SMILES string of the molecule is C/C(=N/Oc1ncnc(N2CCC(c3nc(C(C)C)no3)CC2)c1[N+](=O)[O-])c1ccc(S(C)(=O)=O)cc1. The summed E-state index contributed by atoms with van der Waals surface area (Å²) in [5, 5.41) is 20.0. The zero-order valence-electron chi connectivity index (χ0n) is 20.9. The van der Waals surface area contributed by atoms with Crippen LogP contribution in [0.4, 0.5) is 11.5 Å². The molecule has 0 saturated carbocycles. The van der Waals surface area contributed by atoms with Crippen LogP contribution in [-0.4, -0.2) is 58.5 Å². The molecule has 3 aromatic rings. The van der Waals surface area contributed by atoms with Crippen LogP contribution in [0.15, 0.2) is 45.2 Å². The lowest BCUT2D eigenvalue weighted by Crippen LogP contribution is -2.34. The lowest BCUT2D eigenvalue weighted by Gasteiger charge is -2.30. The summed E-state index contributed by atoms with van der Waals surface area (Å²) in [6, 6.07) is 6.07. The smallest absolute Gasteiger partial charge is 0.351 e. The minimum absolute atomic E-state index is 0.0641. The van der Waals surface area contributed by atoms with E-state index in [1.807, 2.05) is 18.7 Å². The molecule has 3 heterocycles. The van der Waals surface area contributed by atoms with Gasteiger partial charge in [0.05, 0.1) is 15.5 Å². The van der Waals surface area contributed by atoms with Crippen molar-refractivity contribution >= 4 is 27.1 Å². The van der Waals surface area contributed by atoms with Crippen LogP contribution in [0.2, 0.25) is 0 Å². The Morgan fingerprint density at radius 3 is 2.46 bits per heavy atom. The van der Waals surface area contributed by atoms with Crippen molar-refractivity contribution in [1.29, 1.82) is 0 Å². The minimum Gasteiger partial charge on any atom is -0.351 e. The quantitative estimate of drug-likeness (QED) is 0.238. The number of hydrogen-bond donors (Lipinski definition) is 0. The van der Waals surface area contributed by atoms with Crippen LogP contribution < -0.4 is 9.74 Å². The van der Waals surface area contributed by atoms with Crippen LogP contribution in [0.25, 0.3) is 0 Å². The topological polar surface area (TPSA) is 167 Å². The van der Waals surface area contributed by atoms with Crippen molar-refractivity contribution in [1.82, 2.24) is 20.1 Å². The average molecular weight is 530 g/mol. The predicted octanol–water partition coefficient (Wildman–Crippen LogP) is 3.48. The van der Waals surface area contributed by atoms with Crippen LogP contribution in [0.5, 0.6) is 5.88 Å². The van der Waals surface area contributed by atoms with Crippen LogP contribution in [-0.2, 0) is 9.84 Å². The lowest BCUT2D eigenvalue weighted by molar-refractivity contribution is -0.385. The van der Waals surface area contributed by atoms with Crippen LogP contribution in [0, 0.1) is 10.1 Å². The van der Waals surface area contributed by atoms with E-state index in [1.54, 1.807) is 19.1 Å². The number of nitro groups is 1. The third kappa shape index (κ3) is 5.90. The minimum atomic E-state index is -3.33. The van der Waals surface area contributed by atoms with Gasteiger partial charge in [0.2, 0.25) is 11.7 Å². The Hall–Kier alpha value is -3.94. The molecule has 0 N–H and O–H groups in total. The normalized spacial score (nSPS) is 15.3. The summed E-state index contributed by atoms with van der Waals surface area (Å²) < 4.78 is 28.7. The highest BCUT2D eigenvalue weighted by Crippen LogP contribution is 2.37. The zero-order chi connectivity index (χ0) is 26.7. The summed E-state index contributed by atoms with van der Waals surface area (Å²) in [6.45, 7) is 6.61. The molecular weight excluding hydrogens is 502 g/mol. The van der Waals surface area contributed by atoms with E-state index in [1.165, 1.54) is 18.5 Å². The average Bonchev–Trinajstić information content (AvgIpc) is 3.37. The highest BCUT2D eigenvalue weighted by Gasteiger charge is 2.33. The molecule has 0 radical (unpaired) electrons. The molecule has 1 saturated heterocycles. The van der Waals surface area contributed by atoms with E-state index in [9.17, 15) is 18.5 Å². The first-order valence-electron chi connectivity index (χ1n) is 11.6. The summed E-state index contributed by atoms with van der Waals surface area (Å²) in [6.07, 6.45) is 3.64. The maximum atomic E-state index is 12.0. The number of nitrogens with zero attached hydrogens (tertiary/aromatic N) is 7. The maximum Gasteiger partial charge on any atom is 0.375 e. The number of rotatable bonds is 8.